The normalized spacial score (nSPS) is 11.2. The summed E-state index contributed by atoms with van der Waals surface area (Å²) in [5.74, 6) is 0.576. The summed E-state index contributed by atoms with van der Waals surface area (Å²) < 4.78 is 32.9. The molecule has 1 rings (SSSR count). The summed E-state index contributed by atoms with van der Waals surface area (Å²) in [5.41, 5.74) is 5.75. The van der Waals surface area contributed by atoms with Gasteiger partial charge >= 0.3 is 0 Å². The maximum absolute atomic E-state index is 11.4. The Kier molecular flexibility index (Phi) is 5.20. The van der Waals surface area contributed by atoms with E-state index >= 15 is 0 Å². The number of benzene rings is 1. The first-order valence-corrected chi connectivity index (χ1v) is 6.76. The van der Waals surface area contributed by atoms with E-state index in [0.29, 0.717) is 31.1 Å². The third-order valence-electron chi connectivity index (χ3n) is 1.81. The van der Waals surface area contributed by atoms with Crippen molar-refractivity contribution in [3.63, 3.8) is 0 Å². The summed E-state index contributed by atoms with van der Waals surface area (Å²) >= 11 is 0. The van der Waals surface area contributed by atoms with Gasteiger partial charge in [-0.1, -0.05) is 13.0 Å². The topological polar surface area (TPSA) is 93.5 Å². The number of nitrogens with one attached hydrogen (secondary N) is 2. The van der Waals surface area contributed by atoms with Gasteiger partial charge in [-0.15, -0.1) is 0 Å². The molecule has 7 heteroatoms. The third-order valence-corrected chi connectivity index (χ3v) is 2.98. The Hall–Kier alpha value is -1.31. The van der Waals surface area contributed by atoms with Crippen LogP contribution in [-0.4, -0.2) is 28.1 Å². The van der Waals surface area contributed by atoms with E-state index in [1.165, 1.54) is 0 Å². The van der Waals surface area contributed by atoms with Crippen molar-refractivity contribution in [2.75, 3.05) is 24.4 Å². The van der Waals surface area contributed by atoms with Gasteiger partial charge in [-0.2, -0.15) is 13.1 Å². The van der Waals surface area contributed by atoms with Crippen LogP contribution in [0.1, 0.15) is 6.92 Å². The molecule has 0 heterocycles. The Morgan fingerprint density at radius 2 is 2.18 bits per heavy atom. The molecule has 0 saturated carbocycles. The van der Waals surface area contributed by atoms with Gasteiger partial charge in [-0.05, 0) is 12.1 Å². The third kappa shape index (κ3) is 5.03. The van der Waals surface area contributed by atoms with Crippen LogP contribution >= 0.6 is 0 Å². The molecule has 6 nitrogen and oxygen atoms in total. The van der Waals surface area contributed by atoms with Crippen LogP contribution in [0.4, 0.5) is 5.69 Å². The van der Waals surface area contributed by atoms with Crippen LogP contribution in [0.5, 0.6) is 5.75 Å². The molecule has 0 aromatic heterocycles. The van der Waals surface area contributed by atoms with Crippen LogP contribution in [0.15, 0.2) is 24.3 Å². The monoisotopic (exact) mass is 259 g/mol. The summed E-state index contributed by atoms with van der Waals surface area (Å²) in [6.07, 6.45) is 0. The van der Waals surface area contributed by atoms with Crippen molar-refractivity contribution in [3.05, 3.63) is 24.3 Å². The molecule has 0 aliphatic carbocycles. The predicted molar refractivity (Wildman–Crippen MR) is 67.2 cm³/mol. The van der Waals surface area contributed by atoms with Crippen molar-refractivity contribution >= 4 is 15.9 Å². The molecule has 17 heavy (non-hydrogen) atoms. The van der Waals surface area contributed by atoms with E-state index in [1.807, 2.05) is 0 Å². The van der Waals surface area contributed by atoms with Crippen molar-refractivity contribution in [3.8, 4) is 5.75 Å². The minimum Gasteiger partial charge on any atom is -0.492 e. The highest BCUT2D eigenvalue weighted by atomic mass is 32.2. The van der Waals surface area contributed by atoms with Gasteiger partial charge in [0.25, 0.3) is 10.2 Å². The number of hydrogen-bond donors (Lipinski definition) is 3. The van der Waals surface area contributed by atoms with Gasteiger partial charge in [0.15, 0.2) is 0 Å². The van der Waals surface area contributed by atoms with Crippen molar-refractivity contribution in [2.24, 2.45) is 5.73 Å². The van der Waals surface area contributed by atoms with Gasteiger partial charge in [0.2, 0.25) is 0 Å². The maximum atomic E-state index is 11.4. The number of hydrogen-bond acceptors (Lipinski definition) is 4. The Morgan fingerprint density at radius 3 is 2.82 bits per heavy atom. The number of ether oxygens (including phenoxy) is 1. The number of nitrogens with two attached hydrogens (primary N) is 1. The predicted octanol–water partition coefficient (Wildman–Crippen LogP) is 0.290. The highest BCUT2D eigenvalue weighted by molar-refractivity contribution is 7.90. The lowest BCUT2D eigenvalue weighted by Crippen LogP contribution is -2.29. The summed E-state index contributed by atoms with van der Waals surface area (Å²) in [4.78, 5) is 0. The lowest BCUT2D eigenvalue weighted by atomic mass is 10.3. The van der Waals surface area contributed by atoms with Crippen LogP contribution in [0.2, 0.25) is 0 Å². The zero-order valence-electron chi connectivity index (χ0n) is 9.64. The Morgan fingerprint density at radius 1 is 1.41 bits per heavy atom. The highest BCUT2D eigenvalue weighted by Crippen LogP contribution is 2.17. The second kappa shape index (κ2) is 6.43. The van der Waals surface area contributed by atoms with Crippen LogP contribution in [0.25, 0.3) is 0 Å². The minimum absolute atomic E-state index is 0.332. The second-order valence-corrected chi connectivity index (χ2v) is 4.77. The molecule has 4 N–H and O–H groups in total. The smallest absolute Gasteiger partial charge is 0.299 e. The van der Waals surface area contributed by atoms with Gasteiger partial charge in [0, 0.05) is 19.2 Å². The van der Waals surface area contributed by atoms with E-state index in [0.717, 1.165) is 0 Å². The Bertz CT molecular complexity index is 448. The molecule has 0 amide bonds. The summed E-state index contributed by atoms with van der Waals surface area (Å²) in [6, 6.07) is 6.69. The minimum atomic E-state index is -3.50. The first kappa shape index (κ1) is 13.8. The molecule has 0 aliphatic rings. The molecule has 0 spiro atoms. The average Bonchev–Trinajstić information content (AvgIpc) is 2.26. The molecule has 0 bridgehead atoms. The van der Waals surface area contributed by atoms with E-state index in [2.05, 4.69) is 9.44 Å². The second-order valence-electron chi connectivity index (χ2n) is 3.27. The lowest BCUT2D eigenvalue weighted by Gasteiger charge is -2.09. The summed E-state index contributed by atoms with van der Waals surface area (Å²) in [5, 5.41) is 0. The standard InChI is InChI=1S/C10H17N3O3S/c1-2-12-17(14,15)13-9-4-3-5-10(8-9)16-7-6-11/h3-5,8,12-13H,2,6-7,11H2,1H3. The molecule has 0 unspecified atom stereocenters. The first-order valence-electron chi connectivity index (χ1n) is 5.27. The van der Waals surface area contributed by atoms with E-state index in [9.17, 15) is 8.42 Å². The molecule has 0 fully saturated rings. The molecule has 0 saturated heterocycles. The van der Waals surface area contributed by atoms with Crippen LogP contribution in [-0.2, 0) is 10.2 Å². The maximum Gasteiger partial charge on any atom is 0.299 e. The fourth-order valence-corrected chi connectivity index (χ4v) is 2.10. The lowest BCUT2D eigenvalue weighted by molar-refractivity contribution is 0.328. The molecule has 0 atom stereocenters. The average molecular weight is 259 g/mol. The summed E-state index contributed by atoms with van der Waals surface area (Å²) in [7, 11) is -3.50. The fraction of sp³-hybridized carbons (Fsp3) is 0.400. The number of anilines is 1. The largest absolute Gasteiger partial charge is 0.492 e. The van der Waals surface area contributed by atoms with E-state index in [4.69, 9.17) is 10.5 Å². The summed E-state index contributed by atoms with van der Waals surface area (Å²) in [6.45, 7) is 2.84. The molecule has 0 aliphatic heterocycles. The first-order chi connectivity index (χ1) is 8.07. The van der Waals surface area contributed by atoms with Gasteiger partial charge in [0.05, 0.1) is 5.69 Å². The molecule has 1 aromatic rings. The van der Waals surface area contributed by atoms with Crippen molar-refractivity contribution in [1.29, 1.82) is 0 Å². The van der Waals surface area contributed by atoms with Crippen molar-refractivity contribution in [2.45, 2.75) is 6.92 Å². The molecule has 96 valence electrons. The Balaban J connectivity index is 2.71. The SMILES string of the molecule is CCNS(=O)(=O)Nc1cccc(OCCN)c1. The van der Waals surface area contributed by atoms with Gasteiger partial charge in [0.1, 0.15) is 12.4 Å². The van der Waals surface area contributed by atoms with Crippen molar-refractivity contribution < 1.29 is 13.2 Å². The van der Waals surface area contributed by atoms with E-state index in [1.54, 1.807) is 31.2 Å². The van der Waals surface area contributed by atoms with Crippen LogP contribution in [0.3, 0.4) is 0 Å². The quantitative estimate of drug-likeness (QED) is 0.656. The molecule has 1 aromatic carbocycles. The van der Waals surface area contributed by atoms with Crippen LogP contribution in [0, 0.1) is 0 Å². The van der Waals surface area contributed by atoms with Gasteiger partial charge in [-0.3, -0.25) is 4.72 Å². The zero-order valence-corrected chi connectivity index (χ0v) is 10.5. The van der Waals surface area contributed by atoms with Crippen LogP contribution < -0.4 is 19.9 Å². The number of rotatable bonds is 7. The zero-order chi connectivity index (χ0) is 12.7. The van der Waals surface area contributed by atoms with Crippen molar-refractivity contribution in [1.82, 2.24) is 4.72 Å². The molecular formula is C10H17N3O3S. The van der Waals surface area contributed by atoms with Gasteiger partial charge in [-0.25, -0.2) is 0 Å². The molecule has 0 radical (unpaired) electrons. The Labute approximate surface area is 101 Å². The fourth-order valence-electron chi connectivity index (χ4n) is 1.21. The molecular weight excluding hydrogens is 242 g/mol. The van der Waals surface area contributed by atoms with E-state index in [-0.39, 0.29) is 0 Å². The highest BCUT2D eigenvalue weighted by Gasteiger charge is 2.07. The van der Waals surface area contributed by atoms with E-state index < -0.39 is 10.2 Å². The van der Waals surface area contributed by atoms with Gasteiger partial charge < -0.3 is 10.5 Å².